The molecule has 0 radical (unpaired) electrons. The molecule has 0 aliphatic heterocycles. The average molecular weight is 238 g/mol. The number of nitrogens with zero attached hydrogens (tertiary/aromatic N) is 1. The van der Waals surface area contributed by atoms with Crippen molar-refractivity contribution in [3.05, 3.63) is 0 Å². The molecule has 0 N–H and O–H groups in total. The van der Waals surface area contributed by atoms with E-state index in [9.17, 15) is 0 Å². The van der Waals surface area contributed by atoms with Crippen molar-refractivity contribution in [2.75, 3.05) is 19.7 Å². The molecular formula is C6H17Cl2NOTi. The third kappa shape index (κ3) is 11.2. The predicted molar refractivity (Wildman–Crippen MR) is 49.0 cm³/mol. The first kappa shape index (κ1) is 18.1. The van der Waals surface area contributed by atoms with Crippen LogP contribution in [0.15, 0.2) is 0 Å². The number of rotatable bonds is 5. The SMILES string of the molecule is CC[O][Ti][N](CC)CC.Cl.Cl. The predicted octanol–water partition coefficient (Wildman–Crippen LogP) is 2.12. The van der Waals surface area contributed by atoms with Crippen LogP contribution in [0.1, 0.15) is 20.8 Å². The van der Waals surface area contributed by atoms with E-state index in [-0.39, 0.29) is 44.6 Å². The van der Waals surface area contributed by atoms with Gasteiger partial charge in [0.05, 0.1) is 0 Å². The average Bonchev–Trinajstić information content (AvgIpc) is 1.91. The first-order valence-electron chi connectivity index (χ1n) is 3.47. The summed E-state index contributed by atoms with van der Waals surface area (Å²) in [5, 5.41) is 0. The normalized spacial score (nSPS) is 8.36. The van der Waals surface area contributed by atoms with Crippen LogP contribution in [0.25, 0.3) is 0 Å². The van der Waals surface area contributed by atoms with Crippen LogP contribution in [0.5, 0.6) is 0 Å². The molecule has 5 heteroatoms. The van der Waals surface area contributed by atoms with Gasteiger partial charge in [-0.2, -0.15) is 0 Å². The molecular weight excluding hydrogens is 221 g/mol. The van der Waals surface area contributed by atoms with E-state index in [0.29, 0.717) is 0 Å². The Kier molecular flexibility index (Phi) is 22.7. The van der Waals surface area contributed by atoms with Crippen molar-refractivity contribution < 1.29 is 23.1 Å². The number of hydrogen-bond donors (Lipinski definition) is 0. The first-order valence-corrected chi connectivity index (χ1v) is 4.81. The van der Waals surface area contributed by atoms with E-state index in [1.54, 1.807) is 0 Å². The topological polar surface area (TPSA) is 12.5 Å². The third-order valence-corrected chi connectivity index (χ3v) is 3.14. The summed E-state index contributed by atoms with van der Waals surface area (Å²) in [6, 6.07) is 0. The van der Waals surface area contributed by atoms with Gasteiger partial charge < -0.3 is 0 Å². The van der Waals surface area contributed by atoms with Crippen LogP contribution in [-0.4, -0.2) is 23.1 Å². The maximum atomic E-state index is 5.33. The molecule has 0 bridgehead atoms. The Hall–Kier alpha value is 1.21. The third-order valence-electron chi connectivity index (χ3n) is 1.10. The van der Waals surface area contributed by atoms with Crippen molar-refractivity contribution >= 4 is 24.8 Å². The van der Waals surface area contributed by atoms with Crippen molar-refractivity contribution in [2.45, 2.75) is 20.8 Å². The van der Waals surface area contributed by atoms with Gasteiger partial charge in [0, 0.05) is 0 Å². The van der Waals surface area contributed by atoms with Crippen LogP contribution in [0.3, 0.4) is 0 Å². The molecule has 2 nitrogen and oxygen atoms in total. The Labute approximate surface area is 91.6 Å². The molecule has 70 valence electrons. The Morgan fingerprint density at radius 3 is 1.82 bits per heavy atom. The molecule has 0 spiro atoms. The zero-order valence-electron chi connectivity index (χ0n) is 7.29. The summed E-state index contributed by atoms with van der Waals surface area (Å²) in [5.41, 5.74) is 0. The van der Waals surface area contributed by atoms with Gasteiger partial charge in [0.25, 0.3) is 0 Å². The van der Waals surface area contributed by atoms with Crippen LogP contribution in [0.4, 0.5) is 0 Å². The molecule has 0 rings (SSSR count). The van der Waals surface area contributed by atoms with Gasteiger partial charge in [0.15, 0.2) is 0 Å². The standard InChI is InChI=1S/C4H10N.C2H5O.2ClH.Ti/c1-3-5-4-2;1-2-3;;;/h3-4H2,1-2H3;2H2,1H3;2*1H;/q2*-1;;;+2. The molecule has 0 atom stereocenters. The van der Waals surface area contributed by atoms with E-state index >= 15 is 0 Å². The van der Waals surface area contributed by atoms with E-state index in [0.717, 1.165) is 19.7 Å². The summed E-state index contributed by atoms with van der Waals surface area (Å²) in [4.78, 5) is 0. The molecule has 0 aliphatic rings. The second-order valence-corrected chi connectivity index (χ2v) is 3.42. The van der Waals surface area contributed by atoms with Crippen molar-refractivity contribution in [3.8, 4) is 0 Å². The van der Waals surface area contributed by atoms with E-state index in [1.807, 2.05) is 6.92 Å². The molecule has 0 aromatic carbocycles. The molecule has 11 heavy (non-hydrogen) atoms. The molecule has 0 aromatic heterocycles. The second kappa shape index (κ2) is 13.8. The quantitative estimate of drug-likeness (QED) is 0.680. The van der Waals surface area contributed by atoms with Gasteiger partial charge in [-0.3, -0.25) is 0 Å². The maximum absolute atomic E-state index is 5.33. The second-order valence-electron chi connectivity index (χ2n) is 1.70. The fourth-order valence-corrected chi connectivity index (χ4v) is 1.40. The zero-order valence-corrected chi connectivity index (χ0v) is 10.5. The molecule has 0 amide bonds. The van der Waals surface area contributed by atoms with E-state index in [2.05, 4.69) is 17.2 Å². The molecule has 0 unspecified atom stereocenters. The largest absolute Gasteiger partial charge is 0.147 e. The summed E-state index contributed by atoms with van der Waals surface area (Å²) < 4.78 is 7.69. The van der Waals surface area contributed by atoms with Crippen LogP contribution in [0, 0.1) is 0 Å². The minimum atomic E-state index is -0.229. The van der Waals surface area contributed by atoms with Gasteiger partial charge in [-0.1, -0.05) is 0 Å². The number of halogens is 2. The zero-order chi connectivity index (χ0) is 7.11. The summed E-state index contributed by atoms with van der Waals surface area (Å²) in [7, 11) is 0. The Balaban J connectivity index is -0.000000320. The smallest absolute Gasteiger partial charge is 0.147 e. The summed E-state index contributed by atoms with van der Waals surface area (Å²) in [6.07, 6.45) is 0. The Bertz CT molecular complexity index is 64.5. The van der Waals surface area contributed by atoms with Gasteiger partial charge in [0.1, 0.15) is 0 Å². The van der Waals surface area contributed by atoms with E-state index in [4.69, 9.17) is 3.32 Å². The van der Waals surface area contributed by atoms with E-state index < -0.39 is 0 Å². The van der Waals surface area contributed by atoms with Crippen LogP contribution in [0.2, 0.25) is 0 Å². The van der Waals surface area contributed by atoms with Gasteiger partial charge in [0.2, 0.25) is 0 Å². The fourth-order valence-electron chi connectivity index (χ4n) is 0.509. The Morgan fingerprint density at radius 1 is 1.09 bits per heavy atom. The van der Waals surface area contributed by atoms with Gasteiger partial charge >= 0.3 is 67.0 Å². The molecule has 0 heterocycles. The molecule has 0 fully saturated rings. The monoisotopic (exact) mass is 237 g/mol. The van der Waals surface area contributed by atoms with Gasteiger partial charge in [-0.05, 0) is 0 Å². The fraction of sp³-hybridized carbons (Fsp3) is 1.00. The maximum Gasteiger partial charge on any atom is -0.147 e. The number of hydrogen-bond acceptors (Lipinski definition) is 2. The molecule has 0 aliphatic carbocycles. The van der Waals surface area contributed by atoms with Crippen molar-refractivity contribution in [3.63, 3.8) is 0 Å². The van der Waals surface area contributed by atoms with Crippen LogP contribution >= 0.6 is 24.8 Å². The van der Waals surface area contributed by atoms with Gasteiger partial charge in [-0.15, -0.1) is 24.8 Å². The van der Waals surface area contributed by atoms with Crippen LogP contribution < -0.4 is 0 Å². The minimum Gasteiger partial charge on any atom is -0.147 e. The van der Waals surface area contributed by atoms with E-state index in [1.165, 1.54) is 0 Å². The van der Waals surface area contributed by atoms with Crippen molar-refractivity contribution in [1.82, 2.24) is 3.38 Å². The summed E-state index contributed by atoms with van der Waals surface area (Å²) >= 11 is -0.229. The van der Waals surface area contributed by atoms with Gasteiger partial charge in [-0.25, -0.2) is 0 Å². The first-order chi connectivity index (χ1) is 4.35. The summed E-state index contributed by atoms with van der Waals surface area (Å²) in [5.74, 6) is 0. The molecule has 0 aromatic rings. The minimum absolute atomic E-state index is 0. The Morgan fingerprint density at radius 2 is 1.55 bits per heavy atom. The van der Waals surface area contributed by atoms with Crippen molar-refractivity contribution in [1.29, 1.82) is 0 Å². The molecule has 0 saturated carbocycles. The summed E-state index contributed by atoms with van der Waals surface area (Å²) in [6.45, 7) is 9.54. The molecule has 0 saturated heterocycles. The van der Waals surface area contributed by atoms with Crippen LogP contribution in [-0.2, 0) is 23.1 Å². The van der Waals surface area contributed by atoms with Crippen molar-refractivity contribution in [2.24, 2.45) is 0 Å².